The SMILES string of the molecule is O=C(c1ccsc1)N1CCOC2(C1)C(=O)N(CC1CCOCC1)CC2c1ccccc1. The highest BCUT2D eigenvalue weighted by Gasteiger charge is 2.58. The predicted molar refractivity (Wildman–Crippen MR) is 118 cm³/mol. The third-order valence-electron chi connectivity index (χ3n) is 6.84. The molecule has 6 nitrogen and oxygen atoms in total. The molecular weight excluding hydrogens is 412 g/mol. The minimum absolute atomic E-state index is 0.0218. The van der Waals surface area contributed by atoms with Crippen LogP contribution in [0.3, 0.4) is 0 Å². The number of amides is 2. The molecule has 2 aromatic rings. The van der Waals surface area contributed by atoms with E-state index >= 15 is 0 Å². The third-order valence-corrected chi connectivity index (χ3v) is 7.52. The fourth-order valence-corrected chi connectivity index (χ4v) is 5.78. The summed E-state index contributed by atoms with van der Waals surface area (Å²) in [5.74, 6) is 0.359. The number of benzene rings is 1. The lowest BCUT2D eigenvalue weighted by atomic mass is 9.83. The minimum atomic E-state index is -1.02. The molecule has 0 N–H and O–H groups in total. The number of rotatable bonds is 4. The lowest BCUT2D eigenvalue weighted by molar-refractivity contribution is -0.160. The number of likely N-dealkylation sites (tertiary alicyclic amines) is 1. The van der Waals surface area contributed by atoms with Crippen LogP contribution in [0.5, 0.6) is 0 Å². The first kappa shape index (κ1) is 20.7. The highest BCUT2D eigenvalue weighted by molar-refractivity contribution is 7.08. The summed E-state index contributed by atoms with van der Waals surface area (Å²) < 4.78 is 11.8. The molecule has 0 bridgehead atoms. The van der Waals surface area contributed by atoms with E-state index in [0.29, 0.717) is 37.7 Å². The molecule has 31 heavy (non-hydrogen) atoms. The minimum Gasteiger partial charge on any atom is -0.381 e. The van der Waals surface area contributed by atoms with Crippen LogP contribution in [-0.2, 0) is 14.3 Å². The maximum atomic E-state index is 13.8. The van der Waals surface area contributed by atoms with Crippen LogP contribution < -0.4 is 0 Å². The molecule has 0 aliphatic carbocycles. The van der Waals surface area contributed by atoms with Crippen LogP contribution in [0, 0.1) is 5.92 Å². The summed E-state index contributed by atoms with van der Waals surface area (Å²) in [6, 6.07) is 12.0. The van der Waals surface area contributed by atoms with E-state index in [-0.39, 0.29) is 17.7 Å². The van der Waals surface area contributed by atoms with Crippen molar-refractivity contribution < 1.29 is 19.1 Å². The van der Waals surface area contributed by atoms with Gasteiger partial charge in [-0.1, -0.05) is 30.3 Å². The Hall–Kier alpha value is -2.22. The first-order chi connectivity index (χ1) is 15.2. The van der Waals surface area contributed by atoms with Crippen LogP contribution in [0.4, 0.5) is 0 Å². The topological polar surface area (TPSA) is 59.1 Å². The number of ether oxygens (including phenoxy) is 2. The molecule has 2 amide bonds. The molecule has 3 aliphatic rings. The van der Waals surface area contributed by atoms with Gasteiger partial charge in [-0.3, -0.25) is 9.59 Å². The summed E-state index contributed by atoms with van der Waals surface area (Å²) >= 11 is 1.51. The predicted octanol–water partition coefficient (Wildman–Crippen LogP) is 3.01. The molecule has 3 fully saturated rings. The quantitative estimate of drug-likeness (QED) is 0.733. The molecule has 7 heteroatoms. The van der Waals surface area contributed by atoms with Crippen molar-refractivity contribution in [3.8, 4) is 0 Å². The van der Waals surface area contributed by atoms with Crippen molar-refractivity contribution in [2.24, 2.45) is 5.92 Å². The normalized spacial score (nSPS) is 27.2. The van der Waals surface area contributed by atoms with Crippen LogP contribution in [-0.4, -0.2) is 73.2 Å². The third kappa shape index (κ3) is 3.90. The fourth-order valence-electron chi connectivity index (χ4n) is 5.15. The Balaban J connectivity index is 1.44. The van der Waals surface area contributed by atoms with Gasteiger partial charge in [0, 0.05) is 44.1 Å². The molecule has 1 spiro atoms. The summed E-state index contributed by atoms with van der Waals surface area (Å²) in [7, 11) is 0. The van der Waals surface area contributed by atoms with E-state index in [1.807, 2.05) is 39.9 Å². The molecule has 3 saturated heterocycles. The number of carbonyl (C=O) groups excluding carboxylic acids is 2. The second-order valence-corrected chi connectivity index (χ2v) is 9.49. The molecule has 1 aromatic carbocycles. The largest absolute Gasteiger partial charge is 0.381 e. The number of hydrogen-bond acceptors (Lipinski definition) is 5. The zero-order valence-electron chi connectivity index (χ0n) is 17.6. The van der Waals surface area contributed by atoms with E-state index < -0.39 is 5.60 Å². The molecule has 2 unspecified atom stereocenters. The fraction of sp³-hybridized carbons (Fsp3) is 0.500. The Bertz CT molecular complexity index is 913. The summed E-state index contributed by atoms with van der Waals surface area (Å²) in [4.78, 5) is 30.7. The van der Waals surface area contributed by atoms with Crippen molar-refractivity contribution in [2.75, 3.05) is 46.0 Å². The van der Waals surface area contributed by atoms with Crippen molar-refractivity contribution in [1.82, 2.24) is 9.80 Å². The molecule has 1 aromatic heterocycles. The van der Waals surface area contributed by atoms with E-state index in [2.05, 4.69) is 12.1 Å². The second kappa shape index (κ2) is 8.73. The van der Waals surface area contributed by atoms with Gasteiger partial charge in [0.2, 0.25) is 0 Å². The van der Waals surface area contributed by atoms with E-state index in [1.54, 1.807) is 4.90 Å². The lowest BCUT2D eigenvalue weighted by Gasteiger charge is -2.42. The zero-order chi connectivity index (χ0) is 21.3. The van der Waals surface area contributed by atoms with Gasteiger partial charge < -0.3 is 19.3 Å². The number of carbonyl (C=O) groups is 2. The number of morpholine rings is 1. The highest BCUT2D eigenvalue weighted by Crippen LogP contribution is 2.43. The molecule has 0 radical (unpaired) electrons. The maximum absolute atomic E-state index is 13.8. The van der Waals surface area contributed by atoms with Gasteiger partial charge in [-0.15, -0.1) is 0 Å². The number of thiophene rings is 1. The summed E-state index contributed by atoms with van der Waals surface area (Å²) in [5, 5.41) is 3.78. The van der Waals surface area contributed by atoms with Crippen LogP contribution in [0.1, 0.15) is 34.7 Å². The van der Waals surface area contributed by atoms with Gasteiger partial charge in [-0.25, -0.2) is 0 Å². The molecule has 3 aliphatic heterocycles. The molecule has 0 saturated carbocycles. The summed E-state index contributed by atoms with van der Waals surface area (Å²) in [6.07, 6.45) is 1.97. The van der Waals surface area contributed by atoms with E-state index in [4.69, 9.17) is 9.47 Å². The number of hydrogen-bond donors (Lipinski definition) is 0. The smallest absolute Gasteiger partial charge is 0.257 e. The Morgan fingerprint density at radius 2 is 1.94 bits per heavy atom. The van der Waals surface area contributed by atoms with Gasteiger partial charge in [-0.05, 0) is 35.8 Å². The molecule has 164 valence electrons. The molecule has 4 heterocycles. The van der Waals surface area contributed by atoms with Crippen molar-refractivity contribution in [2.45, 2.75) is 24.4 Å². The van der Waals surface area contributed by atoms with E-state index in [1.165, 1.54) is 11.3 Å². The lowest BCUT2D eigenvalue weighted by Crippen LogP contribution is -2.59. The van der Waals surface area contributed by atoms with Gasteiger partial charge >= 0.3 is 0 Å². The summed E-state index contributed by atoms with van der Waals surface area (Å²) in [6.45, 7) is 4.06. The zero-order valence-corrected chi connectivity index (χ0v) is 18.4. The van der Waals surface area contributed by atoms with Gasteiger partial charge in [-0.2, -0.15) is 11.3 Å². The first-order valence-electron chi connectivity index (χ1n) is 11.0. The Labute approximate surface area is 186 Å². The Morgan fingerprint density at radius 1 is 1.13 bits per heavy atom. The van der Waals surface area contributed by atoms with Gasteiger partial charge in [0.25, 0.3) is 11.8 Å². The Kier molecular flexibility index (Phi) is 5.82. The van der Waals surface area contributed by atoms with Crippen molar-refractivity contribution in [1.29, 1.82) is 0 Å². The average Bonchev–Trinajstić information content (AvgIpc) is 3.44. The van der Waals surface area contributed by atoms with Crippen LogP contribution in [0.2, 0.25) is 0 Å². The van der Waals surface area contributed by atoms with Crippen LogP contribution in [0.25, 0.3) is 0 Å². The molecule has 2 atom stereocenters. The molecular formula is C24H28N2O4S. The van der Waals surface area contributed by atoms with E-state index in [0.717, 1.165) is 38.2 Å². The highest BCUT2D eigenvalue weighted by atomic mass is 32.1. The van der Waals surface area contributed by atoms with Crippen molar-refractivity contribution in [3.63, 3.8) is 0 Å². The first-order valence-corrected chi connectivity index (χ1v) is 12.0. The summed E-state index contributed by atoms with van der Waals surface area (Å²) in [5.41, 5.74) is 0.758. The van der Waals surface area contributed by atoms with Crippen molar-refractivity contribution in [3.05, 3.63) is 58.3 Å². The maximum Gasteiger partial charge on any atom is 0.257 e. The van der Waals surface area contributed by atoms with Crippen LogP contribution in [0.15, 0.2) is 47.2 Å². The Morgan fingerprint density at radius 3 is 2.68 bits per heavy atom. The van der Waals surface area contributed by atoms with Gasteiger partial charge in [0.05, 0.1) is 18.7 Å². The standard InChI is InChI=1S/C24H28N2O4S/c27-22(20-8-13-31-16-20)25-9-12-30-24(17-25)21(19-4-2-1-3-5-19)15-26(23(24)28)14-18-6-10-29-11-7-18/h1-5,8,13,16,18,21H,6-7,9-12,14-15,17H2. The van der Waals surface area contributed by atoms with Gasteiger partial charge in [0.15, 0.2) is 5.60 Å². The molecule has 5 rings (SSSR count). The second-order valence-electron chi connectivity index (χ2n) is 8.71. The number of nitrogens with zero attached hydrogens (tertiary/aromatic N) is 2. The van der Waals surface area contributed by atoms with Crippen molar-refractivity contribution >= 4 is 23.2 Å². The van der Waals surface area contributed by atoms with Gasteiger partial charge in [0.1, 0.15) is 0 Å². The average molecular weight is 441 g/mol. The monoisotopic (exact) mass is 440 g/mol. The van der Waals surface area contributed by atoms with Crippen LogP contribution >= 0.6 is 11.3 Å². The van der Waals surface area contributed by atoms with E-state index in [9.17, 15) is 9.59 Å².